The highest BCUT2D eigenvalue weighted by atomic mass is 16.5. The van der Waals surface area contributed by atoms with Gasteiger partial charge in [0.1, 0.15) is 5.82 Å². The van der Waals surface area contributed by atoms with E-state index in [0.717, 1.165) is 55.1 Å². The van der Waals surface area contributed by atoms with E-state index in [1.807, 2.05) is 42.5 Å². The summed E-state index contributed by atoms with van der Waals surface area (Å²) in [6.45, 7) is 5.39. The van der Waals surface area contributed by atoms with Crippen molar-refractivity contribution in [3.05, 3.63) is 54.6 Å². The Morgan fingerprint density at radius 1 is 0.788 bits per heavy atom. The van der Waals surface area contributed by atoms with E-state index in [1.165, 1.54) is 0 Å². The molecule has 0 fully saturated rings. The number of rotatable bonds is 15. The number of aliphatic hydroxyl groups is 2. The van der Waals surface area contributed by atoms with Crippen molar-refractivity contribution in [2.24, 2.45) is 0 Å². The van der Waals surface area contributed by atoms with E-state index in [4.69, 9.17) is 24.4 Å². The number of para-hydroxylation sites is 2. The first kappa shape index (κ1) is 26.9. The van der Waals surface area contributed by atoms with Crippen molar-refractivity contribution < 1.29 is 24.4 Å². The van der Waals surface area contributed by atoms with Crippen molar-refractivity contribution in [2.75, 3.05) is 73.0 Å². The summed E-state index contributed by atoms with van der Waals surface area (Å²) in [5.74, 6) is 0.928. The van der Waals surface area contributed by atoms with Gasteiger partial charge in [0.15, 0.2) is 0 Å². The molecule has 33 heavy (non-hydrogen) atoms. The third-order valence-electron chi connectivity index (χ3n) is 4.83. The van der Waals surface area contributed by atoms with Crippen LogP contribution >= 0.6 is 0 Å². The van der Waals surface area contributed by atoms with Crippen molar-refractivity contribution in [2.45, 2.75) is 6.42 Å². The van der Waals surface area contributed by atoms with E-state index in [-0.39, 0.29) is 13.2 Å². The highest BCUT2D eigenvalue weighted by molar-refractivity contribution is 5.79. The molecule has 0 atom stereocenters. The number of methoxy groups -OCH3 is 1. The SMILES string of the molecule is COCCCN(CCOCCO)CCOCCO.c1ccc(-c2nc3ccccc3[nH]2)cc1. The molecular weight excluding hydrogens is 422 g/mol. The number of hydrogen-bond acceptors (Lipinski definition) is 7. The van der Waals surface area contributed by atoms with Gasteiger partial charge >= 0.3 is 0 Å². The summed E-state index contributed by atoms with van der Waals surface area (Å²) in [6.07, 6.45) is 0.969. The second-order valence-electron chi connectivity index (χ2n) is 7.33. The fourth-order valence-corrected chi connectivity index (χ4v) is 3.17. The molecule has 0 aliphatic carbocycles. The van der Waals surface area contributed by atoms with Crippen LogP contribution in [0.15, 0.2) is 54.6 Å². The minimum atomic E-state index is 0.0588. The Balaban J connectivity index is 0.000000235. The van der Waals surface area contributed by atoms with Crippen molar-refractivity contribution in [3.63, 3.8) is 0 Å². The summed E-state index contributed by atoms with van der Waals surface area (Å²) in [5, 5.41) is 17.2. The normalized spacial score (nSPS) is 11.0. The Hall–Kier alpha value is -2.33. The molecule has 3 N–H and O–H groups in total. The highest BCUT2D eigenvalue weighted by Gasteiger charge is 2.05. The van der Waals surface area contributed by atoms with Gasteiger partial charge < -0.3 is 29.4 Å². The van der Waals surface area contributed by atoms with Crippen LogP contribution in [-0.2, 0) is 14.2 Å². The molecule has 0 saturated heterocycles. The molecule has 1 aromatic heterocycles. The third-order valence-corrected chi connectivity index (χ3v) is 4.83. The van der Waals surface area contributed by atoms with Crippen LogP contribution in [0.2, 0.25) is 0 Å². The molecule has 0 aliphatic heterocycles. The molecule has 182 valence electrons. The molecule has 2 aromatic carbocycles. The topological polar surface area (TPSA) is 100 Å². The van der Waals surface area contributed by atoms with Crippen LogP contribution in [-0.4, -0.2) is 98.1 Å². The van der Waals surface area contributed by atoms with Gasteiger partial charge in [0.05, 0.1) is 50.7 Å². The minimum Gasteiger partial charge on any atom is -0.394 e. The van der Waals surface area contributed by atoms with Gasteiger partial charge in [0.25, 0.3) is 0 Å². The molecule has 1 heterocycles. The van der Waals surface area contributed by atoms with Gasteiger partial charge in [-0.2, -0.15) is 0 Å². The lowest BCUT2D eigenvalue weighted by Crippen LogP contribution is -2.33. The fraction of sp³-hybridized carbons (Fsp3) is 0.480. The van der Waals surface area contributed by atoms with Crippen molar-refractivity contribution in [1.29, 1.82) is 0 Å². The Morgan fingerprint density at radius 3 is 2.03 bits per heavy atom. The number of aromatic amines is 1. The zero-order chi connectivity index (χ0) is 23.6. The molecular formula is C25H37N3O5. The first-order valence-corrected chi connectivity index (χ1v) is 11.4. The molecule has 0 bridgehead atoms. The number of nitrogens with zero attached hydrogens (tertiary/aromatic N) is 2. The maximum Gasteiger partial charge on any atom is 0.138 e. The van der Waals surface area contributed by atoms with E-state index in [1.54, 1.807) is 7.11 Å². The predicted molar refractivity (Wildman–Crippen MR) is 130 cm³/mol. The number of ether oxygens (including phenoxy) is 3. The largest absolute Gasteiger partial charge is 0.394 e. The number of hydrogen-bond donors (Lipinski definition) is 3. The standard InChI is InChI=1S/C13H10N2.C12H27NO5/c1-2-6-10(7-3-1)13-14-11-8-4-5-9-12(11)15-13;1-16-8-2-3-13(4-9-17-11-6-14)5-10-18-12-7-15/h1-9H,(H,14,15);14-15H,2-12H2,1H3. The first-order chi connectivity index (χ1) is 16.3. The van der Waals surface area contributed by atoms with Crippen LogP contribution < -0.4 is 0 Å². The number of aliphatic hydroxyl groups excluding tert-OH is 2. The summed E-state index contributed by atoms with van der Waals surface area (Å²) in [7, 11) is 1.69. The molecule has 0 radical (unpaired) electrons. The van der Waals surface area contributed by atoms with Crippen LogP contribution in [0.3, 0.4) is 0 Å². The second kappa shape index (κ2) is 17.2. The molecule has 8 nitrogen and oxygen atoms in total. The maximum atomic E-state index is 8.61. The van der Waals surface area contributed by atoms with Crippen LogP contribution in [0.1, 0.15) is 6.42 Å². The van der Waals surface area contributed by atoms with E-state index in [2.05, 4.69) is 27.0 Å². The summed E-state index contributed by atoms with van der Waals surface area (Å²) in [4.78, 5) is 10.1. The van der Waals surface area contributed by atoms with Gasteiger partial charge in [-0.3, -0.25) is 4.90 Å². The van der Waals surface area contributed by atoms with Gasteiger partial charge in [-0.15, -0.1) is 0 Å². The van der Waals surface area contributed by atoms with Gasteiger partial charge in [-0.05, 0) is 18.6 Å². The Labute approximate surface area is 196 Å². The second-order valence-corrected chi connectivity index (χ2v) is 7.33. The smallest absolute Gasteiger partial charge is 0.138 e. The van der Waals surface area contributed by atoms with Crippen molar-refractivity contribution in [1.82, 2.24) is 14.9 Å². The average Bonchev–Trinajstić information content (AvgIpc) is 3.30. The molecule has 0 unspecified atom stereocenters. The lowest BCUT2D eigenvalue weighted by atomic mass is 10.2. The summed E-state index contributed by atoms with van der Waals surface area (Å²) in [5.41, 5.74) is 3.21. The summed E-state index contributed by atoms with van der Waals surface area (Å²) in [6, 6.07) is 18.2. The van der Waals surface area contributed by atoms with Gasteiger partial charge in [-0.25, -0.2) is 4.98 Å². The Morgan fingerprint density at radius 2 is 1.42 bits per heavy atom. The monoisotopic (exact) mass is 459 g/mol. The minimum absolute atomic E-state index is 0.0588. The number of H-pyrrole nitrogens is 1. The Bertz CT molecular complexity index is 814. The lowest BCUT2D eigenvalue weighted by Gasteiger charge is -2.21. The lowest BCUT2D eigenvalue weighted by molar-refractivity contribution is 0.0482. The number of aromatic nitrogens is 2. The zero-order valence-corrected chi connectivity index (χ0v) is 19.5. The van der Waals surface area contributed by atoms with Crippen LogP contribution in [0.25, 0.3) is 22.4 Å². The van der Waals surface area contributed by atoms with E-state index < -0.39 is 0 Å². The molecule has 3 aromatic rings. The number of imidazole rings is 1. The molecule has 3 rings (SSSR count). The maximum absolute atomic E-state index is 8.61. The first-order valence-electron chi connectivity index (χ1n) is 11.4. The Kier molecular flexibility index (Phi) is 14.0. The molecule has 8 heteroatoms. The molecule has 0 spiro atoms. The van der Waals surface area contributed by atoms with Crippen molar-refractivity contribution in [3.8, 4) is 11.4 Å². The van der Waals surface area contributed by atoms with Crippen molar-refractivity contribution >= 4 is 11.0 Å². The quantitative estimate of drug-likeness (QED) is 0.300. The van der Waals surface area contributed by atoms with Gasteiger partial charge in [-0.1, -0.05) is 42.5 Å². The van der Waals surface area contributed by atoms with E-state index >= 15 is 0 Å². The number of nitrogens with one attached hydrogen (secondary N) is 1. The summed E-state index contributed by atoms with van der Waals surface area (Å²) >= 11 is 0. The summed E-state index contributed by atoms with van der Waals surface area (Å²) < 4.78 is 15.5. The van der Waals surface area contributed by atoms with E-state index in [0.29, 0.717) is 26.4 Å². The van der Waals surface area contributed by atoms with Crippen LogP contribution in [0.5, 0.6) is 0 Å². The average molecular weight is 460 g/mol. The fourth-order valence-electron chi connectivity index (χ4n) is 3.17. The zero-order valence-electron chi connectivity index (χ0n) is 19.5. The van der Waals surface area contributed by atoms with Crippen LogP contribution in [0, 0.1) is 0 Å². The van der Waals surface area contributed by atoms with E-state index in [9.17, 15) is 0 Å². The van der Waals surface area contributed by atoms with Gasteiger partial charge in [0, 0.05) is 38.9 Å². The molecule has 0 amide bonds. The molecule has 0 saturated carbocycles. The highest BCUT2D eigenvalue weighted by Crippen LogP contribution is 2.19. The molecule has 0 aliphatic rings. The number of fused-ring (bicyclic) bond motifs is 1. The third kappa shape index (κ3) is 10.9. The number of benzene rings is 2. The predicted octanol–water partition coefficient (Wildman–Crippen LogP) is 2.57. The van der Waals surface area contributed by atoms with Gasteiger partial charge in [0.2, 0.25) is 0 Å². The van der Waals surface area contributed by atoms with Crippen LogP contribution in [0.4, 0.5) is 0 Å².